The Hall–Kier alpha value is -0.303. The van der Waals surface area contributed by atoms with E-state index in [9.17, 15) is 13.6 Å². The number of hydrogen-bond donors (Lipinski definition) is 0. The molecule has 0 bridgehead atoms. The van der Waals surface area contributed by atoms with Crippen LogP contribution in [0.1, 0.15) is 17.5 Å². The Balaban J connectivity index is 3.38. The van der Waals surface area contributed by atoms with Crippen molar-refractivity contribution in [2.45, 2.75) is 42.0 Å². The summed E-state index contributed by atoms with van der Waals surface area (Å²) in [6.07, 6.45) is -0.649. The monoisotopic (exact) mass is 396 g/mol. The number of hydrogen-bond acceptors (Lipinski definition) is 1. The van der Waals surface area contributed by atoms with Gasteiger partial charge in [0.15, 0.2) is 6.29 Å². The Labute approximate surface area is 127 Å². The van der Waals surface area contributed by atoms with Crippen LogP contribution < -0.4 is 0 Å². The number of halogens is 3. The molecule has 0 aliphatic rings. The molecule has 1 atom stereocenters. The van der Waals surface area contributed by atoms with Gasteiger partial charge in [-0.05, 0) is 18.1 Å². The zero-order chi connectivity index (χ0) is 14.9. The number of carbonyl (C=O) groups is 1. The molecule has 1 unspecified atom stereocenters. The smallest absolute Gasteiger partial charge is 0.297 e. The van der Waals surface area contributed by atoms with Crippen molar-refractivity contribution in [2.75, 3.05) is 0 Å². The molecule has 0 radical (unpaired) electrons. The van der Waals surface area contributed by atoms with Gasteiger partial charge in [0.1, 0.15) is 0 Å². The lowest BCUT2D eigenvalue weighted by molar-refractivity contribution is -0.130. The normalized spacial score (nSPS) is 15.9. The third-order valence-corrected chi connectivity index (χ3v) is 12.1. The van der Waals surface area contributed by atoms with E-state index < -0.39 is 23.5 Å². The standard InChI is InChI=1S/C14H19F2IOSi/c1-11-7-5-6-8-12(11)14(17,19(2,3)4)9-13(15,16)10-18/h5-8,10H,9H2,1-4H3. The van der Waals surface area contributed by atoms with Crippen LogP contribution in [0.2, 0.25) is 19.6 Å². The Morgan fingerprint density at radius 3 is 2.21 bits per heavy atom. The molecule has 0 saturated carbocycles. The summed E-state index contributed by atoms with van der Waals surface area (Å²) < 4.78 is 26.6. The van der Waals surface area contributed by atoms with Gasteiger partial charge < -0.3 is 0 Å². The van der Waals surface area contributed by atoms with Gasteiger partial charge in [-0.1, -0.05) is 66.5 Å². The van der Waals surface area contributed by atoms with E-state index in [-0.39, 0.29) is 6.29 Å². The molecule has 0 saturated heterocycles. The van der Waals surface area contributed by atoms with E-state index in [1.807, 2.05) is 31.2 Å². The molecular weight excluding hydrogens is 377 g/mol. The summed E-state index contributed by atoms with van der Waals surface area (Å²) in [5.74, 6) is -3.27. The lowest BCUT2D eigenvalue weighted by atomic mass is 10.0. The van der Waals surface area contributed by atoms with Crippen molar-refractivity contribution in [1.82, 2.24) is 0 Å². The number of carbonyl (C=O) groups excluding carboxylic acids is 1. The van der Waals surface area contributed by atoms with Crippen molar-refractivity contribution in [3.63, 3.8) is 0 Å². The fourth-order valence-corrected chi connectivity index (χ4v) is 5.12. The Morgan fingerprint density at radius 1 is 1.26 bits per heavy atom. The molecule has 19 heavy (non-hydrogen) atoms. The van der Waals surface area contributed by atoms with E-state index >= 15 is 0 Å². The molecule has 0 heterocycles. The van der Waals surface area contributed by atoms with Crippen LogP contribution >= 0.6 is 22.6 Å². The highest BCUT2D eigenvalue weighted by Gasteiger charge is 2.50. The van der Waals surface area contributed by atoms with Gasteiger partial charge in [-0.15, -0.1) is 0 Å². The molecule has 0 aliphatic carbocycles. The van der Waals surface area contributed by atoms with Gasteiger partial charge in [0, 0.05) is 9.47 Å². The van der Waals surface area contributed by atoms with Gasteiger partial charge in [0.2, 0.25) is 0 Å². The van der Waals surface area contributed by atoms with Crippen molar-refractivity contribution in [2.24, 2.45) is 0 Å². The van der Waals surface area contributed by atoms with Crippen molar-refractivity contribution < 1.29 is 13.6 Å². The first-order valence-electron chi connectivity index (χ1n) is 6.13. The van der Waals surface area contributed by atoms with E-state index in [1.54, 1.807) is 0 Å². The topological polar surface area (TPSA) is 17.1 Å². The molecule has 0 aromatic heterocycles. The van der Waals surface area contributed by atoms with Gasteiger partial charge in [-0.2, -0.15) is 8.78 Å². The SMILES string of the molecule is Cc1ccccc1C(I)(CC(F)(F)C=O)[Si](C)(C)C. The molecule has 1 nitrogen and oxygen atoms in total. The highest BCUT2D eigenvalue weighted by molar-refractivity contribution is 14.1. The Morgan fingerprint density at radius 2 is 1.79 bits per heavy atom. The van der Waals surface area contributed by atoms with Crippen LogP contribution in [-0.2, 0) is 7.84 Å². The molecule has 106 valence electrons. The number of rotatable bonds is 5. The van der Waals surface area contributed by atoms with Gasteiger partial charge in [0.05, 0.1) is 8.07 Å². The van der Waals surface area contributed by atoms with E-state index in [0.29, 0.717) is 0 Å². The quantitative estimate of drug-likeness (QED) is 0.305. The van der Waals surface area contributed by atoms with Crippen molar-refractivity contribution in [1.29, 1.82) is 0 Å². The van der Waals surface area contributed by atoms with Crippen LogP contribution in [0, 0.1) is 6.92 Å². The van der Waals surface area contributed by atoms with E-state index in [1.165, 1.54) is 0 Å². The molecular formula is C14H19F2IOSi. The van der Waals surface area contributed by atoms with Crippen molar-refractivity contribution in [3.8, 4) is 0 Å². The van der Waals surface area contributed by atoms with Crippen molar-refractivity contribution in [3.05, 3.63) is 35.4 Å². The first-order valence-corrected chi connectivity index (χ1v) is 10.7. The minimum atomic E-state index is -3.27. The molecule has 1 aromatic carbocycles. The van der Waals surface area contributed by atoms with Gasteiger partial charge >= 0.3 is 5.92 Å². The number of alkyl halides is 3. The van der Waals surface area contributed by atoms with Crippen LogP contribution in [0.25, 0.3) is 0 Å². The second kappa shape index (κ2) is 5.59. The summed E-state index contributed by atoms with van der Waals surface area (Å²) in [6, 6.07) is 7.61. The van der Waals surface area contributed by atoms with Crippen LogP contribution in [0.3, 0.4) is 0 Å². The molecule has 5 heteroatoms. The van der Waals surface area contributed by atoms with Gasteiger partial charge in [-0.3, -0.25) is 4.79 Å². The maximum absolute atomic E-state index is 13.6. The maximum Gasteiger partial charge on any atom is 0.303 e. The number of benzene rings is 1. The maximum atomic E-state index is 13.6. The average molecular weight is 396 g/mol. The van der Waals surface area contributed by atoms with Gasteiger partial charge in [-0.25, -0.2) is 0 Å². The average Bonchev–Trinajstić information content (AvgIpc) is 2.27. The van der Waals surface area contributed by atoms with E-state index in [4.69, 9.17) is 0 Å². The largest absolute Gasteiger partial charge is 0.303 e. The molecule has 1 rings (SSSR count). The zero-order valence-corrected chi connectivity index (χ0v) is 14.8. The van der Waals surface area contributed by atoms with Crippen molar-refractivity contribution >= 4 is 37.0 Å². The summed E-state index contributed by atoms with van der Waals surface area (Å²) in [7, 11) is -1.96. The molecule has 0 amide bonds. The first kappa shape index (κ1) is 16.8. The van der Waals surface area contributed by atoms with E-state index in [2.05, 4.69) is 42.2 Å². The summed E-state index contributed by atoms with van der Waals surface area (Å²) in [5, 5.41) is 0. The van der Waals surface area contributed by atoms with Crippen LogP contribution in [0.5, 0.6) is 0 Å². The summed E-state index contributed by atoms with van der Waals surface area (Å²) in [4.78, 5) is 10.6. The van der Waals surface area contributed by atoms with E-state index in [0.717, 1.165) is 11.1 Å². The molecule has 1 aromatic rings. The highest BCUT2D eigenvalue weighted by atomic mass is 127. The third kappa shape index (κ3) is 3.62. The first-order chi connectivity index (χ1) is 8.53. The zero-order valence-electron chi connectivity index (χ0n) is 11.6. The fourth-order valence-electron chi connectivity index (χ4n) is 2.15. The second-order valence-corrected chi connectivity index (χ2v) is 14.1. The summed E-state index contributed by atoms with van der Waals surface area (Å²) in [6.45, 7) is 8.12. The molecule has 0 N–H and O–H groups in total. The lowest BCUT2D eigenvalue weighted by Crippen LogP contribution is -2.48. The third-order valence-electron chi connectivity index (χ3n) is 3.41. The predicted molar refractivity (Wildman–Crippen MR) is 85.9 cm³/mol. The molecule has 0 fully saturated rings. The Kier molecular flexibility index (Phi) is 4.93. The minimum absolute atomic E-state index is 0.223. The van der Waals surface area contributed by atoms with Gasteiger partial charge in [0.25, 0.3) is 0 Å². The summed E-state index contributed by atoms with van der Waals surface area (Å²) in [5.41, 5.74) is 1.93. The van der Waals surface area contributed by atoms with Crippen LogP contribution in [0.4, 0.5) is 8.78 Å². The number of aldehydes is 1. The lowest BCUT2D eigenvalue weighted by Gasteiger charge is -2.41. The molecule has 0 spiro atoms. The predicted octanol–water partition coefficient (Wildman–Crippen LogP) is 4.73. The fraction of sp³-hybridized carbons (Fsp3) is 0.500. The highest BCUT2D eigenvalue weighted by Crippen LogP contribution is 2.48. The van der Waals surface area contributed by atoms with Crippen LogP contribution in [0.15, 0.2) is 24.3 Å². The summed E-state index contributed by atoms with van der Waals surface area (Å²) >= 11 is 2.14. The number of aryl methyl sites for hydroxylation is 1. The Bertz CT molecular complexity index is 471. The second-order valence-electron chi connectivity index (χ2n) is 5.92. The minimum Gasteiger partial charge on any atom is -0.297 e. The van der Waals surface area contributed by atoms with Crippen LogP contribution in [-0.4, -0.2) is 20.3 Å². The molecule has 0 aliphatic heterocycles.